The fourth-order valence-electron chi connectivity index (χ4n) is 2.98. The van der Waals surface area contributed by atoms with Gasteiger partial charge in [-0.3, -0.25) is 9.59 Å². The van der Waals surface area contributed by atoms with Gasteiger partial charge in [0.05, 0.1) is 7.11 Å². The maximum Gasteiger partial charge on any atom is 0.255 e. The van der Waals surface area contributed by atoms with E-state index in [2.05, 4.69) is 10.6 Å². The van der Waals surface area contributed by atoms with Crippen LogP contribution in [0.2, 0.25) is 0 Å². The van der Waals surface area contributed by atoms with Crippen molar-refractivity contribution in [3.8, 4) is 11.5 Å². The maximum absolute atomic E-state index is 12.9. The van der Waals surface area contributed by atoms with Crippen molar-refractivity contribution in [2.24, 2.45) is 5.92 Å². The Morgan fingerprint density at radius 3 is 2.34 bits per heavy atom. The Hall–Kier alpha value is -3.80. The highest BCUT2D eigenvalue weighted by molar-refractivity contribution is 6.05. The zero-order valence-corrected chi connectivity index (χ0v) is 18.8. The third-order valence-electron chi connectivity index (χ3n) is 4.94. The van der Waals surface area contributed by atoms with Gasteiger partial charge in [-0.15, -0.1) is 0 Å². The minimum atomic E-state index is -0.284. The summed E-state index contributed by atoms with van der Waals surface area (Å²) in [5.74, 6) is 0.533. The molecule has 0 bridgehead atoms. The normalized spacial score (nSPS) is 10.5. The van der Waals surface area contributed by atoms with Gasteiger partial charge in [-0.25, -0.2) is 0 Å². The van der Waals surface area contributed by atoms with Crippen LogP contribution in [0.25, 0.3) is 0 Å². The predicted molar refractivity (Wildman–Crippen MR) is 126 cm³/mol. The van der Waals surface area contributed by atoms with Crippen LogP contribution in [0.1, 0.15) is 35.3 Å². The van der Waals surface area contributed by atoms with Crippen molar-refractivity contribution in [2.45, 2.75) is 27.4 Å². The molecule has 0 saturated heterocycles. The van der Waals surface area contributed by atoms with Crippen molar-refractivity contribution >= 4 is 23.2 Å². The molecule has 6 heteroatoms. The summed E-state index contributed by atoms with van der Waals surface area (Å²) in [6, 6.07) is 20.3. The van der Waals surface area contributed by atoms with Crippen LogP contribution in [0, 0.1) is 12.8 Å². The molecule has 32 heavy (non-hydrogen) atoms. The van der Waals surface area contributed by atoms with E-state index in [-0.39, 0.29) is 17.7 Å². The number of carbonyl (C=O) groups excluding carboxylic acids is 2. The Balaban J connectivity index is 1.73. The SMILES string of the molecule is COc1cc(C(=O)Nc2cc(NC(=O)C(C)C)ccc2C)ccc1OCc1ccccc1. The zero-order chi connectivity index (χ0) is 23.1. The number of methoxy groups -OCH3 is 1. The van der Waals surface area contributed by atoms with Gasteiger partial charge in [0.2, 0.25) is 5.91 Å². The molecule has 0 unspecified atom stereocenters. The van der Waals surface area contributed by atoms with Crippen molar-refractivity contribution in [1.29, 1.82) is 0 Å². The van der Waals surface area contributed by atoms with E-state index in [0.29, 0.717) is 35.0 Å². The van der Waals surface area contributed by atoms with Gasteiger partial charge in [0.25, 0.3) is 5.91 Å². The first kappa shape index (κ1) is 22.9. The van der Waals surface area contributed by atoms with Crippen molar-refractivity contribution < 1.29 is 19.1 Å². The molecule has 0 aromatic heterocycles. The Labute approximate surface area is 188 Å². The standard InChI is InChI=1S/C26H28N2O4/c1-17(2)25(29)27-21-12-10-18(3)22(15-21)28-26(30)20-11-13-23(24(14-20)31-4)32-16-19-8-6-5-7-9-19/h5-15,17H,16H2,1-4H3,(H,27,29)(H,28,30). The second-order valence-corrected chi connectivity index (χ2v) is 7.77. The summed E-state index contributed by atoms with van der Waals surface area (Å²) in [4.78, 5) is 24.8. The van der Waals surface area contributed by atoms with Crippen LogP contribution in [-0.2, 0) is 11.4 Å². The number of benzene rings is 3. The Morgan fingerprint density at radius 1 is 0.906 bits per heavy atom. The van der Waals surface area contributed by atoms with E-state index in [1.54, 1.807) is 24.3 Å². The Bertz CT molecular complexity index is 1090. The number of nitrogens with one attached hydrogen (secondary N) is 2. The highest BCUT2D eigenvalue weighted by Crippen LogP contribution is 2.30. The summed E-state index contributed by atoms with van der Waals surface area (Å²) in [6.45, 7) is 5.95. The third kappa shape index (κ3) is 5.88. The van der Waals surface area contributed by atoms with Crippen LogP contribution in [0.3, 0.4) is 0 Å². The van der Waals surface area contributed by atoms with E-state index in [0.717, 1.165) is 11.1 Å². The summed E-state index contributed by atoms with van der Waals surface area (Å²) in [5, 5.41) is 5.76. The van der Waals surface area contributed by atoms with Gasteiger partial charge in [0.15, 0.2) is 11.5 Å². The fourth-order valence-corrected chi connectivity index (χ4v) is 2.98. The van der Waals surface area contributed by atoms with E-state index in [1.165, 1.54) is 7.11 Å². The van der Waals surface area contributed by atoms with E-state index in [9.17, 15) is 9.59 Å². The van der Waals surface area contributed by atoms with E-state index < -0.39 is 0 Å². The van der Waals surface area contributed by atoms with Gasteiger partial charge in [-0.1, -0.05) is 50.2 Å². The molecule has 0 radical (unpaired) electrons. The minimum absolute atomic E-state index is 0.0815. The second kappa shape index (κ2) is 10.5. The van der Waals surface area contributed by atoms with Gasteiger partial charge in [-0.05, 0) is 48.4 Å². The molecule has 2 amide bonds. The average molecular weight is 433 g/mol. The number of ether oxygens (including phenoxy) is 2. The van der Waals surface area contributed by atoms with Crippen molar-refractivity contribution in [2.75, 3.05) is 17.7 Å². The van der Waals surface area contributed by atoms with Crippen LogP contribution in [0.4, 0.5) is 11.4 Å². The molecule has 0 aliphatic heterocycles. The van der Waals surface area contributed by atoms with Crippen LogP contribution >= 0.6 is 0 Å². The molecule has 3 aromatic rings. The number of aryl methyl sites for hydroxylation is 1. The number of hydrogen-bond donors (Lipinski definition) is 2. The number of hydrogen-bond acceptors (Lipinski definition) is 4. The smallest absolute Gasteiger partial charge is 0.255 e. The van der Waals surface area contributed by atoms with Crippen molar-refractivity contribution in [1.82, 2.24) is 0 Å². The van der Waals surface area contributed by atoms with E-state index in [4.69, 9.17) is 9.47 Å². The second-order valence-electron chi connectivity index (χ2n) is 7.77. The molecule has 0 aliphatic carbocycles. The molecule has 2 N–H and O–H groups in total. The van der Waals surface area contributed by atoms with Crippen LogP contribution in [0.15, 0.2) is 66.7 Å². The molecule has 166 valence electrons. The summed E-state index contributed by atoms with van der Waals surface area (Å²) in [7, 11) is 1.54. The first-order valence-electron chi connectivity index (χ1n) is 10.4. The topological polar surface area (TPSA) is 76.7 Å². The molecule has 0 aliphatic rings. The molecule has 0 atom stereocenters. The highest BCUT2D eigenvalue weighted by atomic mass is 16.5. The van der Waals surface area contributed by atoms with Gasteiger partial charge < -0.3 is 20.1 Å². The predicted octanol–water partition coefficient (Wildman–Crippen LogP) is 5.43. The van der Waals surface area contributed by atoms with Gasteiger partial charge in [0, 0.05) is 22.9 Å². The Kier molecular flexibility index (Phi) is 7.49. The van der Waals surface area contributed by atoms with E-state index >= 15 is 0 Å². The number of anilines is 2. The lowest BCUT2D eigenvalue weighted by Gasteiger charge is -2.14. The molecule has 3 rings (SSSR count). The van der Waals surface area contributed by atoms with Gasteiger partial charge >= 0.3 is 0 Å². The highest BCUT2D eigenvalue weighted by Gasteiger charge is 2.14. The first-order valence-corrected chi connectivity index (χ1v) is 10.4. The Morgan fingerprint density at radius 2 is 1.66 bits per heavy atom. The number of carbonyl (C=O) groups is 2. The third-order valence-corrected chi connectivity index (χ3v) is 4.94. The molecule has 0 heterocycles. The lowest BCUT2D eigenvalue weighted by Crippen LogP contribution is -2.18. The quantitative estimate of drug-likeness (QED) is 0.498. The summed E-state index contributed by atoms with van der Waals surface area (Å²) in [5.41, 5.74) is 3.61. The van der Waals surface area contributed by atoms with Crippen LogP contribution < -0.4 is 20.1 Å². The minimum Gasteiger partial charge on any atom is -0.493 e. The van der Waals surface area contributed by atoms with Crippen molar-refractivity contribution in [3.63, 3.8) is 0 Å². The lowest BCUT2D eigenvalue weighted by atomic mass is 10.1. The molecular weight excluding hydrogens is 404 g/mol. The summed E-state index contributed by atoms with van der Waals surface area (Å²) < 4.78 is 11.3. The van der Waals surface area contributed by atoms with Gasteiger partial charge in [0.1, 0.15) is 6.61 Å². The molecule has 3 aromatic carbocycles. The molecule has 0 spiro atoms. The molecule has 6 nitrogen and oxygen atoms in total. The molecular formula is C26H28N2O4. The zero-order valence-electron chi connectivity index (χ0n) is 18.8. The average Bonchev–Trinajstić information content (AvgIpc) is 2.80. The number of rotatable bonds is 8. The summed E-state index contributed by atoms with van der Waals surface area (Å²) in [6.07, 6.45) is 0. The molecule has 0 fully saturated rings. The summed E-state index contributed by atoms with van der Waals surface area (Å²) >= 11 is 0. The van der Waals surface area contributed by atoms with Crippen LogP contribution in [-0.4, -0.2) is 18.9 Å². The lowest BCUT2D eigenvalue weighted by molar-refractivity contribution is -0.118. The molecule has 0 saturated carbocycles. The number of amides is 2. The largest absolute Gasteiger partial charge is 0.493 e. The van der Waals surface area contributed by atoms with Gasteiger partial charge in [-0.2, -0.15) is 0 Å². The fraction of sp³-hybridized carbons (Fsp3) is 0.231. The van der Waals surface area contributed by atoms with Crippen molar-refractivity contribution in [3.05, 3.63) is 83.4 Å². The van der Waals surface area contributed by atoms with E-state index in [1.807, 2.05) is 63.2 Å². The monoisotopic (exact) mass is 432 g/mol. The first-order chi connectivity index (χ1) is 15.4. The van der Waals surface area contributed by atoms with Crippen LogP contribution in [0.5, 0.6) is 11.5 Å². The maximum atomic E-state index is 12.9.